The summed E-state index contributed by atoms with van der Waals surface area (Å²) in [6.07, 6.45) is 3.38. The second-order valence-corrected chi connectivity index (χ2v) is 12.2. The summed E-state index contributed by atoms with van der Waals surface area (Å²) in [7, 11) is 0. The Labute approximate surface area is 174 Å². The summed E-state index contributed by atoms with van der Waals surface area (Å²) in [4.78, 5) is 0. The first kappa shape index (κ1) is 20.9. The SMILES string of the molecule is CC(C)(C)[S@@+]([O-])N(Cc1ccccc1)[C@H](C1CC1)[C@@H]1CC[C@@H](I)[C@H](O)O1. The lowest BCUT2D eigenvalue weighted by atomic mass is 9.97. The summed E-state index contributed by atoms with van der Waals surface area (Å²) in [6.45, 7) is 6.74. The van der Waals surface area contributed by atoms with E-state index in [9.17, 15) is 9.66 Å². The van der Waals surface area contributed by atoms with Crippen molar-refractivity contribution in [3.8, 4) is 0 Å². The van der Waals surface area contributed by atoms with Crippen LogP contribution in [-0.4, -0.2) is 41.1 Å². The molecule has 4 nitrogen and oxygen atoms in total. The van der Waals surface area contributed by atoms with E-state index in [0.29, 0.717) is 12.5 Å². The second-order valence-electron chi connectivity index (χ2n) is 8.41. The molecule has 5 atom stereocenters. The van der Waals surface area contributed by atoms with Gasteiger partial charge in [0.05, 0.1) is 22.6 Å². The van der Waals surface area contributed by atoms with Crippen LogP contribution in [0.1, 0.15) is 52.0 Å². The number of benzene rings is 1. The summed E-state index contributed by atoms with van der Waals surface area (Å²) in [5, 5.41) is 10.2. The molecule has 1 saturated carbocycles. The predicted octanol–water partition coefficient (Wildman–Crippen LogP) is 4.03. The Hall–Kier alpha value is 0.140. The normalized spacial score (nSPS) is 29.6. The minimum Gasteiger partial charge on any atom is -0.597 e. The van der Waals surface area contributed by atoms with Crippen molar-refractivity contribution in [2.45, 2.75) is 80.1 Å². The highest BCUT2D eigenvalue weighted by atomic mass is 127. The maximum absolute atomic E-state index is 13.4. The lowest BCUT2D eigenvalue weighted by molar-refractivity contribution is -0.172. The van der Waals surface area contributed by atoms with Gasteiger partial charge in [-0.1, -0.05) is 52.9 Å². The highest BCUT2D eigenvalue weighted by molar-refractivity contribution is 14.1. The minimum absolute atomic E-state index is 0.0569. The van der Waals surface area contributed by atoms with Crippen molar-refractivity contribution < 1.29 is 14.4 Å². The van der Waals surface area contributed by atoms with E-state index in [2.05, 4.69) is 39.0 Å². The van der Waals surface area contributed by atoms with Crippen molar-refractivity contribution in [3.63, 3.8) is 0 Å². The van der Waals surface area contributed by atoms with E-state index in [4.69, 9.17) is 4.74 Å². The molecule has 26 heavy (non-hydrogen) atoms. The van der Waals surface area contributed by atoms with E-state index in [1.54, 1.807) is 0 Å². The molecule has 1 aromatic carbocycles. The van der Waals surface area contributed by atoms with E-state index >= 15 is 0 Å². The molecule has 0 aromatic heterocycles. The number of ether oxygens (including phenoxy) is 1. The molecule has 0 bridgehead atoms. The Morgan fingerprint density at radius 2 is 1.88 bits per heavy atom. The molecule has 0 unspecified atom stereocenters. The Balaban J connectivity index is 1.86. The molecule has 6 heteroatoms. The van der Waals surface area contributed by atoms with Crippen LogP contribution in [0.2, 0.25) is 0 Å². The van der Waals surface area contributed by atoms with Crippen molar-refractivity contribution in [1.82, 2.24) is 4.31 Å². The topological polar surface area (TPSA) is 55.8 Å². The molecule has 1 N–H and O–H groups in total. The molecular weight excluding hydrogens is 461 g/mol. The molecule has 146 valence electrons. The zero-order valence-corrected chi connectivity index (χ0v) is 18.8. The molecule has 2 fully saturated rings. The summed E-state index contributed by atoms with van der Waals surface area (Å²) >= 11 is 1.12. The van der Waals surface area contributed by atoms with E-state index in [-0.39, 0.29) is 20.8 Å². The number of alkyl halides is 1. The van der Waals surface area contributed by atoms with Crippen molar-refractivity contribution in [3.05, 3.63) is 35.9 Å². The molecule has 1 heterocycles. The quantitative estimate of drug-likeness (QED) is 0.371. The van der Waals surface area contributed by atoms with Gasteiger partial charge in [0.1, 0.15) is 4.75 Å². The van der Waals surface area contributed by atoms with Gasteiger partial charge in [-0.25, -0.2) is 0 Å². The first-order chi connectivity index (χ1) is 12.3. The molecule has 1 aliphatic heterocycles. The van der Waals surface area contributed by atoms with Crippen LogP contribution >= 0.6 is 22.6 Å². The first-order valence-electron chi connectivity index (χ1n) is 9.47. The van der Waals surface area contributed by atoms with Gasteiger partial charge in [0, 0.05) is 11.4 Å². The summed E-state index contributed by atoms with van der Waals surface area (Å²) < 4.78 is 21.4. The monoisotopic (exact) mass is 491 g/mol. The number of rotatable bonds is 6. The number of aliphatic hydroxyl groups excluding tert-OH is 1. The second kappa shape index (κ2) is 8.66. The fourth-order valence-electron chi connectivity index (χ4n) is 3.60. The van der Waals surface area contributed by atoms with Crippen LogP contribution in [0.4, 0.5) is 0 Å². The third-order valence-electron chi connectivity index (χ3n) is 5.09. The molecule has 0 amide bonds. The first-order valence-corrected chi connectivity index (χ1v) is 11.8. The van der Waals surface area contributed by atoms with Crippen molar-refractivity contribution in [1.29, 1.82) is 0 Å². The van der Waals surface area contributed by atoms with Gasteiger partial charge in [0.25, 0.3) is 0 Å². The van der Waals surface area contributed by atoms with Gasteiger partial charge in [-0.05, 0) is 57.9 Å². The Bertz CT molecular complexity index is 578. The van der Waals surface area contributed by atoms with Gasteiger partial charge >= 0.3 is 0 Å². The third-order valence-corrected chi connectivity index (χ3v) is 8.17. The fourth-order valence-corrected chi connectivity index (χ4v) is 5.63. The fraction of sp³-hybridized carbons (Fsp3) is 0.700. The molecule has 3 rings (SSSR count). The highest BCUT2D eigenvalue weighted by Crippen LogP contribution is 2.43. The number of hydrogen-bond donors (Lipinski definition) is 1. The molecule has 1 saturated heterocycles. The molecule has 0 radical (unpaired) electrons. The minimum atomic E-state index is -1.14. The van der Waals surface area contributed by atoms with Gasteiger partial charge in [-0.15, -0.1) is 4.31 Å². The molecule has 1 aliphatic carbocycles. The summed E-state index contributed by atoms with van der Waals surface area (Å²) in [6, 6.07) is 10.3. The van der Waals surface area contributed by atoms with Crippen LogP contribution in [0, 0.1) is 5.92 Å². The van der Waals surface area contributed by atoms with Gasteiger partial charge in [0.2, 0.25) is 0 Å². The van der Waals surface area contributed by atoms with E-state index in [1.165, 1.54) is 5.56 Å². The van der Waals surface area contributed by atoms with Crippen molar-refractivity contribution >= 4 is 34.0 Å². The molecule has 0 spiro atoms. The van der Waals surface area contributed by atoms with Gasteiger partial charge < -0.3 is 14.4 Å². The smallest absolute Gasteiger partial charge is 0.166 e. The van der Waals surface area contributed by atoms with Crippen molar-refractivity contribution in [2.75, 3.05) is 0 Å². The lowest BCUT2D eigenvalue weighted by Gasteiger charge is -2.43. The molecular formula is C20H30INO3S. The Morgan fingerprint density at radius 1 is 1.23 bits per heavy atom. The Morgan fingerprint density at radius 3 is 2.42 bits per heavy atom. The van der Waals surface area contributed by atoms with Crippen LogP contribution in [0.5, 0.6) is 0 Å². The molecule has 2 aliphatic rings. The number of hydrogen-bond acceptors (Lipinski definition) is 4. The molecule has 1 aromatic rings. The van der Waals surface area contributed by atoms with Gasteiger partial charge in [0.15, 0.2) is 6.29 Å². The van der Waals surface area contributed by atoms with Gasteiger partial charge in [-0.2, -0.15) is 0 Å². The zero-order valence-electron chi connectivity index (χ0n) is 15.8. The van der Waals surface area contributed by atoms with Crippen molar-refractivity contribution in [2.24, 2.45) is 5.92 Å². The van der Waals surface area contributed by atoms with Crippen LogP contribution < -0.4 is 0 Å². The third kappa shape index (κ3) is 5.14. The number of nitrogens with zero attached hydrogens (tertiary/aromatic N) is 1. The maximum atomic E-state index is 13.4. The average molecular weight is 491 g/mol. The summed E-state index contributed by atoms with van der Waals surface area (Å²) in [5.74, 6) is 0.507. The zero-order chi connectivity index (χ0) is 18.9. The average Bonchev–Trinajstić information content (AvgIpc) is 3.42. The Kier molecular flexibility index (Phi) is 6.95. The maximum Gasteiger partial charge on any atom is 0.166 e. The van der Waals surface area contributed by atoms with E-state index in [0.717, 1.165) is 25.7 Å². The van der Waals surface area contributed by atoms with Gasteiger partial charge in [-0.3, -0.25) is 0 Å². The van der Waals surface area contributed by atoms with Crippen LogP contribution in [0.3, 0.4) is 0 Å². The largest absolute Gasteiger partial charge is 0.597 e. The predicted molar refractivity (Wildman–Crippen MR) is 114 cm³/mol. The van der Waals surface area contributed by atoms with Crippen LogP contribution in [-0.2, 0) is 22.6 Å². The van der Waals surface area contributed by atoms with Crippen LogP contribution in [0.15, 0.2) is 30.3 Å². The highest BCUT2D eigenvalue weighted by Gasteiger charge is 2.49. The van der Waals surface area contributed by atoms with E-state index in [1.807, 2.05) is 39.0 Å². The van der Waals surface area contributed by atoms with Crippen LogP contribution in [0.25, 0.3) is 0 Å². The number of aliphatic hydroxyl groups is 1. The standard InChI is InChI=1S/C20H30INO3S/c1-20(2,3)26(24)22(13-14-7-5-4-6-8-14)18(15-9-10-15)17-12-11-16(21)19(23)25-17/h4-8,15-19,23H,9-13H2,1-3H3/t16-,17+,18-,19-,26-/m1/s1. The van der Waals surface area contributed by atoms with E-state index < -0.39 is 17.7 Å². The lowest BCUT2D eigenvalue weighted by Crippen LogP contribution is -2.55. The number of halogens is 1. The summed E-state index contributed by atoms with van der Waals surface area (Å²) in [5.41, 5.74) is 1.17.